The molecule has 0 bridgehead atoms. The molecule has 0 amide bonds. The van der Waals surface area contributed by atoms with E-state index in [2.05, 4.69) is 6.92 Å². The lowest BCUT2D eigenvalue weighted by Crippen LogP contribution is -2.15. The van der Waals surface area contributed by atoms with Gasteiger partial charge in [-0.25, -0.2) is 4.79 Å². The highest BCUT2D eigenvalue weighted by Gasteiger charge is 2.37. The maximum Gasteiger partial charge on any atom is 0.416 e. The number of hydrogen-bond acceptors (Lipinski definition) is 2. The van der Waals surface area contributed by atoms with Crippen LogP contribution in [0, 0.1) is 0 Å². The molecule has 148 valence electrons. The van der Waals surface area contributed by atoms with Crippen LogP contribution in [0.3, 0.4) is 0 Å². The van der Waals surface area contributed by atoms with Gasteiger partial charge in [0.1, 0.15) is 0 Å². The van der Waals surface area contributed by atoms with E-state index in [4.69, 9.17) is 4.74 Å². The van der Waals surface area contributed by atoms with E-state index in [0.717, 1.165) is 38.5 Å². The maximum atomic E-state index is 12.8. The fourth-order valence-corrected chi connectivity index (χ4v) is 2.38. The summed E-state index contributed by atoms with van der Waals surface area (Å²) in [6.45, 7) is 2.06. The van der Waals surface area contributed by atoms with Crippen LogP contribution in [0.25, 0.3) is 0 Å². The number of alkyl halides is 6. The third kappa shape index (κ3) is 7.66. The molecule has 0 atom stereocenters. The second-order valence-electron chi connectivity index (χ2n) is 6.05. The first-order valence-electron chi connectivity index (χ1n) is 8.52. The minimum absolute atomic E-state index is 0.0208. The molecular weight excluding hydrogens is 362 g/mol. The van der Waals surface area contributed by atoms with Crippen molar-refractivity contribution in [2.45, 2.75) is 64.2 Å². The third-order valence-electron chi connectivity index (χ3n) is 3.80. The fourth-order valence-electron chi connectivity index (χ4n) is 2.38. The summed E-state index contributed by atoms with van der Waals surface area (Å²) in [5, 5.41) is 0. The second kappa shape index (κ2) is 9.83. The normalized spacial score (nSPS) is 12.3. The number of carbonyl (C=O) groups is 1. The molecule has 0 saturated carbocycles. The van der Waals surface area contributed by atoms with Gasteiger partial charge in [0, 0.05) is 0 Å². The SMILES string of the molecule is CCCCCCCCCOC(=O)c1cc(C(F)(F)F)cc(C(F)(F)F)c1. The second-order valence-corrected chi connectivity index (χ2v) is 6.05. The number of halogens is 6. The summed E-state index contributed by atoms with van der Waals surface area (Å²) in [4.78, 5) is 11.8. The molecule has 0 spiro atoms. The van der Waals surface area contributed by atoms with Gasteiger partial charge in [0.25, 0.3) is 0 Å². The standard InChI is InChI=1S/C18H22F6O2/c1-2-3-4-5-6-7-8-9-26-16(25)13-10-14(17(19,20)21)12-15(11-13)18(22,23)24/h10-12H,2-9H2,1H3. The van der Waals surface area contributed by atoms with Crippen molar-refractivity contribution >= 4 is 5.97 Å². The van der Waals surface area contributed by atoms with Crippen LogP contribution in [0.2, 0.25) is 0 Å². The molecule has 0 heterocycles. The van der Waals surface area contributed by atoms with Crippen molar-refractivity contribution in [2.75, 3.05) is 6.61 Å². The molecule has 0 saturated heterocycles. The quantitative estimate of drug-likeness (QED) is 0.271. The van der Waals surface area contributed by atoms with Gasteiger partial charge in [-0.3, -0.25) is 0 Å². The van der Waals surface area contributed by atoms with Crippen molar-refractivity contribution < 1.29 is 35.9 Å². The summed E-state index contributed by atoms with van der Waals surface area (Å²) in [7, 11) is 0. The Hall–Kier alpha value is -1.73. The number of rotatable bonds is 9. The minimum Gasteiger partial charge on any atom is -0.462 e. The zero-order chi connectivity index (χ0) is 19.8. The Morgan fingerprint density at radius 2 is 1.27 bits per heavy atom. The topological polar surface area (TPSA) is 26.3 Å². The highest BCUT2D eigenvalue weighted by molar-refractivity contribution is 5.90. The van der Waals surface area contributed by atoms with Crippen molar-refractivity contribution in [1.82, 2.24) is 0 Å². The van der Waals surface area contributed by atoms with Gasteiger partial charge in [-0.05, 0) is 24.6 Å². The first-order valence-corrected chi connectivity index (χ1v) is 8.52. The average molecular weight is 384 g/mol. The third-order valence-corrected chi connectivity index (χ3v) is 3.80. The Kier molecular flexibility index (Phi) is 8.43. The summed E-state index contributed by atoms with van der Waals surface area (Å²) in [6, 6.07) is 0.734. The molecule has 2 nitrogen and oxygen atoms in total. The lowest BCUT2D eigenvalue weighted by Gasteiger charge is -2.14. The van der Waals surface area contributed by atoms with Crippen LogP contribution < -0.4 is 0 Å². The van der Waals surface area contributed by atoms with Crippen molar-refractivity contribution in [3.63, 3.8) is 0 Å². The minimum atomic E-state index is -4.99. The first kappa shape index (κ1) is 22.3. The Balaban J connectivity index is 2.65. The van der Waals surface area contributed by atoms with Gasteiger partial charge in [0.05, 0.1) is 23.3 Å². The lowest BCUT2D eigenvalue weighted by atomic mass is 10.0. The van der Waals surface area contributed by atoms with E-state index in [1.807, 2.05) is 0 Å². The van der Waals surface area contributed by atoms with E-state index in [0.29, 0.717) is 18.6 Å². The van der Waals surface area contributed by atoms with E-state index >= 15 is 0 Å². The summed E-state index contributed by atoms with van der Waals surface area (Å²) in [6.07, 6.45) is -3.31. The predicted octanol–water partition coefficient (Wildman–Crippen LogP) is 6.63. The maximum absolute atomic E-state index is 12.8. The van der Waals surface area contributed by atoms with Gasteiger partial charge in [-0.1, -0.05) is 45.4 Å². The smallest absolute Gasteiger partial charge is 0.416 e. The monoisotopic (exact) mass is 384 g/mol. The van der Waals surface area contributed by atoms with Crippen molar-refractivity contribution in [2.24, 2.45) is 0 Å². The fraction of sp³-hybridized carbons (Fsp3) is 0.611. The average Bonchev–Trinajstić information content (AvgIpc) is 2.55. The Bertz CT molecular complexity index is 546. The predicted molar refractivity (Wildman–Crippen MR) is 84.7 cm³/mol. The Morgan fingerprint density at radius 1 is 0.808 bits per heavy atom. The van der Waals surface area contributed by atoms with E-state index in [1.165, 1.54) is 0 Å². The van der Waals surface area contributed by atoms with Crippen LogP contribution in [0.1, 0.15) is 73.4 Å². The molecule has 0 unspecified atom stereocenters. The van der Waals surface area contributed by atoms with Gasteiger partial charge >= 0.3 is 18.3 Å². The lowest BCUT2D eigenvalue weighted by molar-refractivity contribution is -0.143. The van der Waals surface area contributed by atoms with Crippen molar-refractivity contribution in [3.05, 3.63) is 34.9 Å². The Morgan fingerprint density at radius 3 is 1.73 bits per heavy atom. The number of esters is 1. The largest absolute Gasteiger partial charge is 0.462 e. The van der Waals surface area contributed by atoms with Crippen LogP contribution in [0.4, 0.5) is 26.3 Å². The van der Waals surface area contributed by atoms with E-state index in [-0.39, 0.29) is 12.7 Å². The molecule has 0 aliphatic heterocycles. The van der Waals surface area contributed by atoms with Gasteiger partial charge in [-0.15, -0.1) is 0 Å². The summed E-state index contributed by atoms with van der Waals surface area (Å²) >= 11 is 0. The van der Waals surface area contributed by atoms with Gasteiger partial charge in [0.2, 0.25) is 0 Å². The van der Waals surface area contributed by atoms with E-state index in [1.54, 1.807) is 0 Å². The van der Waals surface area contributed by atoms with Gasteiger partial charge < -0.3 is 4.74 Å². The summed E-state index contributed by atoms with van der Waals surface area (Å²) in [5.74, 6) is -1.19. The molecule has 0 aliphatic carbocycles. The van der Waals surface area contributed by atoms with Crippen molar-refractivity contribution in [3.8, 4) is 0 Å². The number of ether oxygens (including phenoxy) is 1. The zero-order valence-corrected chi connectivity index (χ0v) is 14.5. The van der Waals surface area contributed by atoms with Crippen molar-refractivity contribution in [1.29, 1.82) is 0 Å². The molecule has 0 fully saturated rings. The molecule has 0 radical (unpaired) electrons. The number of carbonyl (C=O) groups excluding carboxylic acids is 1. The van der Waals surface area contributed by atoms with Gasteiger partial charge in [0.15, 0.2) is 0 Å². The van der Waals surface area contributed by atoms with E-state index < -0.39 is 35.0 Å². The molecule has 1 rings (SSSR count). The molecule has 0 aromatic heterocycles. The number of unbranched alkanes of at least 4 members (excludes halogenated alkanes) is 6. The highest BCUT2D eigenvalue weighted by atomic mass is 19.4. The highest BCUT2D eigenvalue weighted by Crippen LogP contribution is 2.36. The molecule has 1 aromatic rings. The summed E-state index contributed by atoms with van der Waals surface area (Å²) in [5.41, 5.74) is -3.82. The molecule has 0 N–H and O–H groups in total. The molecule has 8 heteroatoms. The molecule has 26 heavy (non-hydrogen) atoms. The number of hydrogen-bond donors (Lipinski definition) is 0. The first-order chi connectivity index (χ1) is 12.1. The van der Waals surface area contributed by atoms with Crippen LogP contribution >= 0.6 is 0 Å². The molecular formula is C18H22F6O2. The van der Waals surface area contributed by atoms with Crippen LogP contribution in [-0.2, 0) is 17.1 Å². The molecule has 0 aliphatic rings. The zero-order valence-electron chi connectivity index (χ0n) is 14.5. The van der Waals surface area contributed by atoms with Crippen LogP contribution in [0.15, 0.2) is 18.2 Å². The van der Waals surface area contributed by atoms with Crippen LogP contribution in [-0.4, -0.2) is 12.6 Å². The van der Waals surface area contributed by atoms with Gasteiger partial charge in [-0.2, -0.15) is 26.3 Å². The Labute approximate surface area is 148 Å². The summed E-state index contributed by atoms with van der Waals surface area (Å²) < 4.78 is 81.4. The van der Waals surface area contributed by atoms with Crippen LogP contribution in [0.5, 0.6) is 0 Å². The number of benzene rings is 1. The van der Waals surface area contributed by atoms with E-state index in [9.17, 15) is 31.1 Å². The molecule has 1 aromatic carbocycles.